The van der Waals surface area contributed by atoms with Crippen molar-refractivity contribution in [3.05, 3.63) is 83.6 Å². The molecular formula is C22H20N4OS. The summed E-state index contributed by atoms with van der Waals surface area (Å²) in [6.07, 6.45) is 7.01. The highest BCUT2D eigenvalue weighted by Crippen LogP contribution is 2.28. The van der Waals surface area contributed by atoms with E-state index >= 15 is 0 Å². The third-order valence-corrected chi connectivity index (χ3v) is 5.84. The van der Waals surface area contributed by atoms with Crippen LogP contribution in [0.25, 0.3) is 22.0 Å². The Morgan fingerprint density at radius 2 is 1.89 bits per heavy atom. The highest BCUT2D eigenvalue weighted by atomic mass is 32.1. The molecule has 140 valence electrons. The molecule has 0 unspecified atom stereocenters. The molecule has 0 fully saturated rings. The second-order valence-electron chi connectivity index (χ2n) is 6.53. The van der Waals surface area contributed by atoms with Gasteiger partial charge in [-0.2, -0.15) is 5.10 Å². The Hall–Kier alpha value is -3.25. The number of amides is 1. The van der Waals surface area contributed by atoms with E-state index in [-0.39, 0.29) is 11.9 Å². The minimum Gasteiger partial charge on any atom is -0.333 e. The number of rotatable bonds is 5. The van der Waals surface area contributed by atoms with Crippen LogP contribution in [-0.4, -0.2) is 32.6 Å². The van der Waals surface area contributed by atoms with Crippen molar-refractivity contribution in [1.82, 2.24) is 19.7 Å². The van der Waals surface area contributed by atoms with Crippen LogP contribution in [0.1, 0.15) is 23.5 Å². The molecule has 0 saturated heterocycles. The third-order valence-electron chi connectivity index (χ3n) is 4.64. The first-order valence-electron chi connectivity index (χ1n) is 9.02. The Bertz CT molecular complexity index is 1100. The smallest absolute Gasteiger partial charge is 0.246 e. The number of benzene rings is 2. The Labute approximate surface area is 167 Å². The number of fused-ring (bicyclic) bond motifs is 1. The van der Waals surface area contributed by atoms with Gasteiger partial charge >= 0.3 is 0 Å². The van der Waals surface area contributed by atoms with Crippen LogP contribution in [-0.2, 0) is 4.79 Å². The molecule has 2 heterocycles. The first kappa shape index (κ1) is 18.1. The molecule has 5 nitrogen and oxygen atoms in total. The van der Waals surface area contributed by atoms with Crippen LogP contribution in [0.4, 0.5) is 0 Å². The van der Waals surface area contributed by atoms with E-state index in [9.17, 15) is 4.79 Å². The summed E-state index contributed by atoms with van der Waals surface area (Å²) in [7, 11) is 1.80. The summed E-state index contributed by atoms with van der Waals surface area (Å²) in [4.78, 5) is 19.0. The van der Waals surface area contributed by atoms with Crippen LogP contribution in [0.3, 0.4) is 0 Å². The van der Waals surface area contributed by atoms with Crippen LogP contribution in [0.2, 0.25) is 0 Å². The molecule has 0 N–H and O–H groups in total. The lowest BCUT2D eigenvalue weighted by Gasteiger charge is -2.21. The minimum atomic E-state index is -0.0957. The molecule has 0 bridgehead atoms. The van der Waals surface area contributed by atoms with E-state index < -0.39 is 0 Å². The predicted molar refractivity (Wildman–Crippen MR) is 113 cm³/mol. The number of nitrogens with zero attached hydrogens (tertiary/aromatic N) is 4. The first-order chi connectivity index (χ1) is 13.6. The standard InChI is InChI=1S/C22H20N4OS/c1-16(22-24-19-10-6-7-11-20(19)28-22)25(2)21(27)13-12-17-14-23-26(15-17)18-8-4-3-5-9-18/h3-16H,1-2H3/b13-12+/t16-/m0/s1. The summed E-state index contributed by atoms with van der Waals surface area (Å²) < 4.78 is 2.92. The summed E-state index contributed by atoms with van der Waals surface area (Å²) in [5.74, 6) is -0.0702. The molecule has 1 amide bonds. The fraction of sp³-hybridized carbons (Fsp3) is 0.136. The van der Waals surface area contributed by atoms with E-state index in [1.807, 2.05) is 61.7 Å². The van der Waals surface area contributed by atoms with Crippen LogP contribution >= 0.6 is 11.3 Å². The zero-order chi connectivity index (χ0) is 19.5. The van der Waals surface area contributed by atoms with Gasteiger partial charge in [-0.05, 0) is 37.3 Å². The largest absolute Gasteiger partial charge is 0.333 e. The number of carbonyl (C=O) groups excluding carboxylic acids is 1. The monoisotopic (exact) mass is 388 g/mol. The topological polar surface area (TPSA) is 51.0 Å². The SMILES string of the molecule is C[C@@H](c1nc2ccccc2s1)N(C)C(=O)/C=C/c1cnn(-c2ccccc2)c1. The Balaban J connectivity index is 1.46. The summed E-state index contributed by atoms with van der Waals surface area (Å²) in [5, 5.41) is 5.28. The van der Waals surface area contributed by atoms with Crippen LogP contribution in [0.5, 0.6) is 0 Å². The second kappa shape index (κ2) is 7.78. The number of aromatic nitrogens is 3. The molecule has 4 rings (SSSR count). The summed E-state index contributed by atoms with van der Waals surface area (Å²) in [5.41, 5.74) is 2.83. The van der Waals surface area contributed by atoms with Crippen LogP contribution in [0.15, 0.2) is 73.1 Å². The Morgan fingerprint density at radius 3 is 2.68 bits per heavy atom. The third kappa shape index (κ3) is 3.73. The fourth-order valence-electron chi connectivity index (χ4n) is 2.86. The molecule has 0 aliphatic carbocycles. The number of hydrogen-bond acceptors (Lipinski definition) is 4. The van der Waals surface area contributed by atoms with Crippen molar-refractivity contribution in [3.8, 4) is 5.69 Å². The van der Waals surface area contributed by atoms with Gasteiger partial charge in [-0.3, -0.25) is 4.79 Å². The molecule has 0 spiro atoms. The van der Waals surface area contributed by atoms with Crippen LogP contribution in [0, 0.1) is 0 Å². The number of para-hydroxylation sites is 2. The van der Waals surface area contributed by atoms with Gasteiger partial charge in [0.25, 0.3) is 0 Å². The number of likely N-dealkylation sites (N-methyl/N-ethyl adjacent to an activating group) is 1. The maximum atomic E-state index is 12.6. The summed E-state index contributed by atoms with van der Waals surface area (Å²) in [6.45, 7) is 2.00. The van der Waals surface area contributed by atoms with E-state index in [0.717, 1.165) is 26.5 Å². The lowest BCUT2D eigenvalue weighted by molar-refractivity contribution is -0.126. The van der Waals surface area contributed by atoms with Crippen molar-refractivity contribution in [2.45, 2.75) is 13.0 Å². The lowest BCUT2D eigenvalue weighted by Crippen LogP contribution is -2.27. The Kier molecular flexibility index (Phi) is 5.04. The quantitative estimate of drug-likeness (QED) is 0.465. The molecule has 28 heavy (non-hydrogen) atoms. The normalized spacial score (nSPS) is 12.5. The molecule has 4 aromatic rings. The Morgan fingerprint density at radius 1 is 1.14 bits per heavy atom. The molecule has 2 aromatic heterocycles. The van der Waals surface area contributed by atoms with Crippen molar-refractivity contribution in [2.24, 2.45) is 0 Å². The van der Waals surface area contributed by atoms with Gasteiger partial charge < -0.3 is 4.90 Å². The molecule has 2 aromatic carbocycles. The van der Waals surface area contributed by atoms with E-state index in [0.29, 0.717) is 0 Å². The lowest BCUT2D eigenvalue weighted by atomic mass is 10.2. The molecule has 6 heteroatoms. The molecule has 1 atom stereocenters. The molecule has 0 aliphatic heterocycles. The van der Waals surface area contributed by atoms with Crippen molar-refractivity contribution < 1.29 is 4.79 Å². The minimum absolute atomic E-state index is 0.0702. The molecule has 0 radical (unpaired) electrons. The number of hydrogen-bond donors (Lipinski definition) is 0. The van der Waals surface area contributed by atoms with E-state index in [1.165, 1.54) is 0 Å². The van der Waals surface area contributed by atoms with Crippen LogP contribution < -0.4 is 0 Å². The van der Waals surface area contributed by atoms with Crippen molar-refractivity contribution in [3.63, 3.8) is 0 Å². The molecule has 0 saturated carbocycles. The van der Waals surface area contributed by atoms with Gasteiger partial charge in [0.05, 0.1) is 28.1 Å². The maximum Gasteiger partial charge on any atom is 0.246 e. The summed E-state index contributed by atoms with van der Waals surface area (Å²) in [6, 6.07) is 17.8. The molecule has 0 aliphatic rings. The predicted octanol–water partition coefficient (Wildman–Crippen LogP) is 4.71. The van der Waals surface area contributed by atoms with Crippen molar-refractivity contribution in [2.75, 3.05) is 7.05 Å². The van der Waals surface area contributed by atoms with Gasteiger partial charge in [0, 0.05) is 24.9 Å². The van der Waals surface area contributed by atoms with E-state index in [4.69, 9.17) is 0 Å². The maximum absolute atomic E-state index is 12.6. The summed E-state index contributed by atoms with van der Waals surface area (Å²) >= 11 is 1.62. The zero-order valence-corrected chi connectivity index (χ0v) is 16.5. The average molecular weight is 388 g/mol. The van der Waals surface area contributed by atoms with Gasteiger partial charge in [0.2, 0.25) is 5.91 Å². The highest BCUT2D eigenvalue weighted by Gasteiger charge is 2.19. The van der Waals surface area contributed by atoms with Gasteiger partial charge in [0.15, 0.2) is 0 Å². The van der Waals surface area contributed by atoms with E-state index in [1.54, 1.807) is 46.3 Å². The zero-order valence-electron chi connectivity index (χ0n) is 15.7. The second-order valence-corrected chi connectivity index (χ2v) is 7.59. The van der Waals surface area contributed by atoms with E-state index in [2.05, 4.69) is 16.1 Å². The van der Waals surface area contributed by atoms with Crippen molar-refractivity contribution >= 4 is 33.5 Å². The number of thiazole rings is 1. The van der Waals surface area contributed by atoms with Gasteiger partial charge in [-0.25, -0.2) is 9.67 Å². The first-order valence-corrected chi connectivity index (χ1v) is 9.84. The number of carbonyl (C=O) groups is 1. The highest BCUT2D eigenvalue weighted by molar-refractivity contribution is 7.18. The van der Waals surface area contributed by atoms with Crippen molar-refractivity contribution in [1.29, 1.82) is 0 Å². The fourth-order valence-corrected chi connectivity index (χ4v) is 3.92. The van der Waals surface area contributed by atoms with Gasteiger partial charge in [-0.15, -0.1) is 11.3 Å². The van der Waals surface area contributed by atoms with Gasteiger partial charge in [0.1, 0.15) is 5.01 Å². The van der Waals surface area contributed by atoms with Gasteiger partial charge in [-0.1, -0.05) is 30.3 Å². The molecular weight excluding hydrogens is 368 g/mol. The average Bonchev–Trinajstić information content (AvgIpc) is 3.38.